The molecule has 2 nitrogen and oxygen atoms in total. The minimum absolute atomic E-state index is 0. The molecule has 1 fully saturated rings. The van der Waals surface area contributed by atoms with Crippen molar-refractivity contribution in [3.8, 4) is 11.1 Å². The summed E-state index contributed by atoms with van der Waals surface area (Å²) in [6.45, 7) is 2.35. The first kappa shape index (κ1) is 22.7. The van der Waals surface area contributed by atoms with E-state index < -0.39 is 0 Å². The summed E-state index contributed by atoms with van der Waals surface area (Å²) in [7, 11) is 2.25. The minimum atomic E-state index is 0. The lowest BCUT2D eigenvalue weighted by molar-refractivity contribution is -0.697. The average Bonchev–Trinajstić information content (AvgIpc) is 3.21. The first-order valence-electron chi connectivity index (χ1n) is 11.1. The molecule has 0 bridgehead atoms. The second-order valence-electron chi connectivity index (χ2n) is 8.39. The largest absolute Gasteiger partial charge is 1.00 e. The Labute approximate surface area is 192 Å². The van der Waals surface area contributed by atoms with Crippen LogP contribution in [0.25, 0.3) is 11.1 Å². The maximum absolute atomic E-state index is 2.49. The third-order valence-corrected chi connectivity index (χ3v) is 6.23. The molecule has 158 valence electrons. The van der Waals surface area contributed by atoms with Gasteiger partial charge in [-0.15, -0.1) is 0 Å². The van der Waals surface area contributed by atoms with Crippen molar-refractivity contribution < 1.29 is 21.5 Å². The number of rotatable bonds is 8. The standard InChI is InChI=1S/C27H33N2.BrH/c1-28-19-9-14-27(28)26-13-8-21-29(22-26)20-7-3-4-10-23-15-17-25(18-16-23)24-11-5-2-6-12-24;/h2,5-6,8,11-13,15-18,21-22,27H,3-4,7,9-10,14,19-20H2,1H3;1H/q+1;/p-1/t27-;/m0./s1. The Morgan fingerprint density at radius 2 is 1.63 bits per heavy atom. The van der Waals surface area contributed by atoms with Crippen LogP contribution in [0.1, 0.15) is 49.3 Å². The molecule has 0 radical (unpaired) electrons. The van der Waals surface area contributed by atoms with Crippen LogP contribution in [0.5, 0.6) is 0 Å². The van der Waals surface area contributed by atoms with E-state index in [1.54, 1.807) is 0 Å². The highest BCUT2D eigenvalue weighted by Crippen LogP contribution is 2.29. The Morgan fingerprint density at radius 3 is 2.37 bits per heavy atom. The zero-order chi connectivity index (χ0) is 19.9. The number of aryl methyl sites for hydroxylation is 2. The molecule has 30 heavy (non-hydrogen) atoms. The fraction of sp³-hybridized carbons (Fsp3) is 0.370. The summed E-state index contributed by atoms with van der Waals surface area (Å²) in [5.74, 6) is 0. The second-order valence-corrected chi connectivity index (χ2v) is 8.39. The molecule has 0 amide bonds. The third-order valence-electron chi connectivity index (χ3n) is 6.23. The van der Waals surface area contributed by atoms with Gasteiger partial charge >= 0.3 is 0 Å². The first-order valence-corrected chi connectivity index (χ1v) is 11.1. The molecule has 2 aromatic carbocycles. The smallest absolute Gasteiger partial charge is 0.173 e. The fourth-order valence-corrected chi connectivity index (χ4v) is 4.50. The Morgan fingerprint density at radius 1 is 0.867 bits per heavy atom. The number of pyridine rings is 1. The predicted molar refractivity (Wildman–Crippen MR) is 121 cm³/mol. The molecule has 1 aliphatic rings. The monoisotopic (exact) mass is 464 g/mol. The molecular formula is C27H33BrN2. The van der Waals surface area contributed by atoms with E-state index in [0.29, 0.717) is 6.04 Å². The van der Waals surface area contributed by atoms with Gasteiger partial charge in [-0.1, -0.05) is 54.6 Å². The maximum atomic E-state index is 2.49. The van der Waals surface area contributed by atoms with Crippen molar-refractivity contribution in [2.45, 2.75) is 51.1 Å². The number of hydrogen-bond acceptors (Lipinski definition) is 1. The van der Waals surface area contributed by atoms with Gasteiger partial charge in [-0.25, -0.2) is 4.57 Å². The van der Waals surface area contributed by atoms with Crippen molar-refractivity contribution >= 4 is 0 Å². The summed E-state index contributed by atoms with van der Waals surface area (Å²) in [6, 6.07) is 24.8. The van der Waals surface area contributed by atoms with Crippen molar-refractivity contribution in [3.05, 3.63) is 90.3 Å². The maximum Gasteiger partial charge on any atom is 0.173 e. The van der Waals surface area contributed by atoms with E-state index >= 15 is 0 Å². The molecule has 0 aliphatic carbocycles. The zero-order valence-corrected chi connectivity index (χ0v) is 19.6. The van der Waals surface area contributed by atoms with Gasteiger partial charge in [0.05, 0.1) is 0 Å². The van der Waals surface area contributed by atoms with Gasteiger partial charge in [0.1, 0.15) is 6.54 Å². The van der Waals surface area contributed by atoms with Gasteiger partial charge in [0.25, 0.3) is 0 Å². The minimum Gasteiger partial charge on any atom is -1.00 e. The number of hydrogen-bond donors (Lipinski definition) is 0. The highest BCUT2D eigenvalue weighted by molar-refractivity contribution is 5.63. The van der Waals surface area contributed by atoms with Crippen LogP contribution < -0.4 is 21.5 Å². The summed E-state index contributed by atoms with van der Waals surface area (Å²) in [4.78, 5) is 2.49. The van der Waals surface area contributed by atoms with E-state index in [2.05, 4.69) is 95.6 Å². The van der Waals surface area contributed by atoms with Crippen LogP contribution >= 0.6 is 0 Å². The Bertz CT molecular complexity index is 892. The lowest BCUT2D eigenvalue weighted by atomic mass is 10.0. The number of unbranched alkanes of at least 4 members (excludes halogenated alkanes) is 2. The van der Waals surface area contributed by atoms with Gasteiger partial charge in [0, 0.05) is 24.1 Å². The number of nitrogens with zero attached hydrogens (tertiary/aromatic N) is 2. The molecule has 0 N–H and O–H groups in total. The number of halogens is 1. The third kappa shape index (κ3) is 6.02. The van der Waals surface area contributed by atoms with E-state index in [-0.39, 0.29) is 17.0 Å². The number of benzene rings is 2. The van der Waals surface area contributed by atoms with Gasteiger partial charge < -0.3 is 17.0 Å². The second kappa shape index (κ2) is 11.4. The van der Waals surface area contributed by atoms with Crippen molar-refractivity contribution in [2.24, 2.45) is 0 Å². The highest BCUT2D eigenvalue weighted by atomic mass is 79.9. The molecule has 4 rings (SSSR count). The SMILES string of the molecule is CN1CCC[C@H]1c1ccc[n+](CCCCCc2ccc(-c3ccccc3)cc2)c1.[Br-]. The molecule has 0 spiro atoms. The van der Waals surface area contributed by atoms with Crippen molar-refractivity contribution in [2.75, 3.05) is 13.6 Å². The van der Waals surface area contributed by atoms with Crippen molar-refractivity contribution in [1.82, 2.24) is 4.90 Å². The normalized spacial score (nSPS) is 16.4. The van der Waals surface area contributed by atoms with Gasteiger partial charge in [-0.3, -0.25) is 4.90 Å². The van der Waals surface area contributed by atoms with Gasteiger partial charge in [-0.2, -0.15) is 0 Å². The van der Waals surface area contributed by atoms with Crippen molar-refractivity contribution in [1.29, 1.82) is 0 Å². The molecule has 3 heteroatoms. The Hall–Kier alpha value is -1.97. The van der Waals surface area contributed by atoms with Gasteiger partial charge in [0.2, 0.25) is 0 Å². The quantitative estimate of drug-likeness (QED) is 0.367. The fourth-order valence-electron chi connectivity index (χ4n) is 4.50. The van der Waals surface area contributed by atoms with Crippen LogP contribution in [0.3, 0.4) is 0 Å². The molecule has 1 aromatic heterocycles. The van der Waals surface area contributed by atoms with E-state index in [9.17, 15) is 0 Å². The van der Waals surface area contributed by atoms with E-state index in [1.165, 1.54) is 67.3 Å². The molecule has 1 saturated heterocycles. The molecule has 0 saturated carbocycles. The lowest BCUT2D eigenvalue weighted by Gasteiger charge is -2.18. The highest BCUT2D eigenvalue weighted by Gasteiger charge is 2.24. The van der Waals surface area contributed by atoms with Gasteiger partial charge in [-0.05, 0) is 68.5 Å². The Kier molecular flexibility index (Phi) is 8.65. The van der Waals surface area contributed by atoms with E-state index in [1.807, 2.05) is 0 Å². The first-order chi connectivity index (χ1) is 14.3. The van der Waals surface area contributed by atoms with Crippen LogP contribution in [0.4, 0.5) is 0 Å². The summed E-state index contributed by atoms with van der Waals surface area (Å²) in [5, 5.41) is 0. The number of likely N-dealkylation sites (tertiary alicyclic amines) is 1. The van der Waals surface area contributed by atoms with Crippen LogP contribution in [0.2, 0.25) is 0 Å². The van der Waals surface area contributed by atoms with Gasteiger partial charge in [0.15, 0.2) is 12.4 Å². The predicted octanol–water partition coefficient (Wildman–Crippen LogP) is 2.82. The topological polar surface area (TPSA) is 7.12 Å². The lowest BCUT2D eigenvalue weighted by Crippen LogP contribution is -3.00. The molecule has 1 atom stereocenters. The van der Waals surface area contributed by atoms with E-state index in [0.717, 1.165) is 6.54 Å². The zero-order valence-electron chi connectivity index (χ0n) is 18.0. The van der Waals surface area contributed by atoms with E-state index in [4.69, 9.17) is 0 Å². The van der Waals surface area contributed by atoms with Crippen LogP contribution in [0.15, 0.2) is 79.1 Å². The molecule has 0 unspecified atom stereocenters. The Balaban J connectivity index is 0.00000256. The van der Waals surface area contributed by atoms with Crippen molar-refractivity contribution in [3.63, 3.8) is 0 Å². The molecule has 1 aliphatic heterocycles. The molecule has 2 heterocycles. The van der Waals surface area contributed by atoms with Crippen LogP contribution in [-0.4, -0.2) is 18.5 Å². The number of aromatic nitrogens is 1. The average molecular weight is 465 g/mol. The summed E-state index contributed by atoms with van der Waals surface area (Å²) in [6.07, 6.45) is 12.2. The molecular weight excluding hydrogens is 432 g/mol. The van der Waals surface area contributed by atoms with Crippen LogP contribution in [0, 0.1) is 0 Å². The summed E-state index contributed by atoms with van der Waals surface area (Å²) < 4.78 is 2.39. The summed E-state index contributed by atoms with van der Waals surface area (Å²) in [5.41, 5.74) is 5.52. The van der Waals surface area contributed by atoms with Crippen LogP contribution in [-0.2, 0) is 13.0 Å². The summed E-state index contributed by atoms with van der Waals surface area (Å²) >= 11 is 0. The molecule has 3 aromatic rings.